The lowest BCUT2D eigenvalue weighted by atomic mass is 10.1. The first-order valence-electron chi connectivity index (χ1n) is 9.86. The minimum atomic E-state index is -1.14. The standard InChI is InChI=1S/C24H22N2O4/c1-15(27)17-6-3-8-20(14-17)30-24-21(9-4-12-25-24)23(29)26-22(28)19-11-10-16-5-2-7-18(16)13-19/h3-4,6,8-14,22,28H,2,5,7H2,1H3,(H,26,29). The SMILES string of the molecule is CC(=O)c1cccc(Oc2ncccc2C(=O)NC(O)c2ccc3c(c2)CCC3)c1. The van der Waals surface area contributed by atoms with Crippen LogP contribution >= 0.6 is 0 Å². The maximum absolute atomic E-state index is 12.8. The Kier molecular flexibility index (Phi) is 5.59. The molecule has 0 radical (unpaired) electrons. The minimum absolute atomic E-state index is 0.0862. The second-order valence-corrected chi connectivity index (χ2v) is 7.30. The molecule has 4 rings (SSSR count). The summed E-state index contributed by atoms with van der Waals surface area (Å²) in [5, 5.41) is 13.1. The highest BCUT2D eigenvalue weighted by Gasteiger charge is 2.20. The molecule has 1 unspecified atom stereocenters. The molecule has 2 N–H and O–H groups in total. The van der Waals surface area contributed by atoms with Crippen molar-refractivity contribution < 1.29 is 19.4 Å². The lowest BCUT2D eigenvalue weighted by Gasteiger charge is -2.16. The minimum Gasteiger partial charge on any atom is -0.438 e. The summed E-state index contributed by atoms with van der Waals surface area (Å²) >= 11 is 0. The van der Waals surface area contributed by atoms with E-state index in [0.717, 1.165) is 19.3 Å². The van der Waals surface area contributed by atoms with Crippen molar-refractivity contribution in [3.63, 3.8) is 0 Å². The molecule has 0 saturated heterocycles. The molecule has 0 aliphatic heterocycles. The zero-order chi connectivity index (χ0) is 21.1. The summed E-state index contributed by atoms with van der Waals surface area (Å²) in [6, 6.07) is 15.6. The summed E-state index contributed by atoms with van der Waals surface area (Å²) in [5.74, 6) is -0.0998. The molecule has 0 spiro atoms. The summed E-state index contributed by atoms with van der Waals surface area (Å²) in [7, 11) is 0. The highest BCUT2D eigenvalue weighted by atomic mass is 16.5. The number of ether oxygens (including phenoxy) is 1. The highest BCUT2D eigenvalue weighted by molar-refractivity contribution is 5.96. The number of aromatic nitrogens is 1. The molecule has 30 heavy (non-hydrogen) atoms. The van der Waals surface area contributed by atoms with Gasteiger partial charge in [0.25, 0.3) is 5.91 Å². The molecule has 6 heteroatoms. The van der Waals surface area contributed by atoms with Crippen LogP contribution in [0.5, 0.6) is 11.6 Å². The number of carbonyl (C=O) groups is 2. The third-order valence-corrected chi connectivity index (χ3v) is 5.18. The Morgan fingerprint density at radius 3 is 2.73 bits per heavy atom. The van der Waals surface area contributed by atoms with Gasteiger partial charge in [-0.1, -0.05) is 30.3 Å². The van der Waals surface area contributed by atoms with E-state index < -0.39 is 12.1 Å². The predicted octanol–water partition coefficient (Wildman–Crippen LogP) is 3.99. The number of nitrogens with one attached hydrogen (secondary N) is 1. The molecule has 1 heterocycles. The zero-order valence-electron chi connectivity index (χ0n) is 16.6. The molecule has 0 bridgehead atoms. The summed E-state index contributed by atoms with van der Waals surface area (Å²) in [4.78, 5) is 28.5. The van der Waals surface area contributed by atoms with E-state index in [4.69, 9.17) is 4.74 Å². The van der Waals surface area contributed by atoms with Gasteiger partial charge in [-0.2, -0.15) is 0 Å². The third kappa shape index (κ3) is 4.23. The number of aryl methyl sites for hydroxylation is 2. The maximum Gasteiger partial charge on any atom is 0.259 e. The van der Waals surface area contributed by atoms with E-state index in [1.54, 1.807) is 36.4 Å². The number of aliphatic hydroxyl groups excluding tert-OH is 1. The number of ketones is 1. The van der Waals surface area contributed by atoms with Crippen LogP contribution in [0.4, 0.5) is 0 Å². The van der Waals surface area contributed by atoms with Crippen LogP contribution in [0.2, 0.25) is 0 Å². The Bertz CT molecular complexity index is 1110. The molecule has 1 aliphatic rings. The van der Waals surface area contributed by atoms with Crippen LogP contribution in [-0.4, -0.2) is 21.8 Å². The molecule has 1 amide bonds. The fraction of sp³-hybridized carbons (Fsp3) is 0.208. The fourth-order valence-electron chi connectivity index (χ4n) is 3.58. The number of hydrogen-bond acceptors (Lipinski definition) is 5. The molecule has 6 nitrogen and oxygen atoms in total. The Labute approximate surface area is 174 Å². The summed E-state index contributed by atoms with van der Waals surface area (Å²) in [6.07, 6.45) is 3.53. The van der Waals surface area contributed by atoms with E-state index in [0.29, 0.717) is 16.9 Å². The molecular weight excluding hydrogens is 380 g/mol. The van der Waals surface area contributed by atoms with Gasteiger partial charge in [-0.15, -0.1) is 0 Å². The molecule has 2 aromatic carbocycles. The maximum atomic E-state index is 12.8. The first-order valence-corrected chi connectivity index (χ1v) is 9.86. The molecule has 0 saturated carbocycles. The number of carbonyl (C=O) groups excluding carboxylic acids is 2. The first kappa shape index (κ1) is 19.8. The molecular formula is C24H22N2O4. The number of pyridine rings is 1. The normalized spacial score (nSPS) is 13.4. The van der Waals surface area contributed by atoms with E-state index in [2.05, 4.69) is 10.3 Å². The fourth-order valence-corrected chi connectivity index (χ4v) is 3.58. The van der Waals surface area contributed by atoms with Crippen LogP contribution in [0.15, 0.2) is 60.8 Å². The topological polar surface area (TPSA) is 88.5 Å². The number of hydrogen-bond donors (Lipinski definition) is 2. The highest BCUT2D eigenvalue weighted by Crippen LogP contribution is 2.26. The van der Waals surface area contributed by atoms with E-state index in [1.165, 1.54) is 24.2 Å². The van der Waals surface area contributed by atoms with Gasteiger partial charge in [0.05, 0.1) is 0 Å². The Morgan fingerprint density at radius 1 is 1.07 bits per heavy atom. The van der Waals surface area contributed by atoms with Gasteiger partial charge >= 0.3 is 0 Å². The van der Waals surface area contributed by atoms with Gasteiger partial charge < -0.3 is 15.2 Å². The second kappa shape index (κ2) is 8.47. The molecule has 1 aliphatic carbocycles. The quantitative estimate of drug-likeness (QED) is 0.481. The monoisotopic (exact) mass is 402 g/mol. The number of benzene rings is 2. The van der Waals surface area contributed by atoms with Crippen molar-refractivity contribution in [2.24, 2.45) is 0 Å². The van der Waals surface area contributed by atoms with E-state index in [-0.39, 0.29) is 17.2 Å². The number of nitrogens with zero attached hydrogens (tertiary/aromatic N) is 1. The van der Waals surface area contributed by atoms with Crippen molar-refractivity contribution in [2.45, 2.75) is 32.4 Å². The van der Waals surface area contributed by atoms with E-state index in [9.17, 15) is 14.7 Å². The van der Waals surface area contributed by atoms with Gasteiger partial charge in [0.1, 0.15) is 11.3 Å². The van der Waals surface area contributed by atoms with Crippen molar-refractivity contribution in [1.82, 2.24) is 10.3 Å². The third-order valence-electron chi connectivity index (χ3n) is 5.18. The van der Waals surface area contributed by atoms with Gasteiger partial charge in [-0.3, -0.25) is 9.59 Å². The summed E-state index contributed by atoms with van der Waals surface area (Å²) in [6.45, 7) is 1.47. The lowest BCUT2D eigenvalue weighted by Crippen LogP contribution is -2.28. The Hall–Kier alpha value is -3.51. The van der Waals surface area contributed by atoms with E-state index >= 15 is 0 Å². The average molecular weight is 402 g/mol. The Morgan fingerprint density at radius 2 is 1.90 bits per heavy atom. The number of aliphatic hydroxyl groups is 1. The van der Waals surface area contributed by atoms with Gasteiger partial charge in [0.15, 0.2) is 12.0 Å². The number of fused-ring (bicyclic) bond motifs is 1. The zero-order valence-corrected chi connectivity index (χ0v) is 16.6. The van der Waals surface area contributed by atoms with Crippen LogP contribution < -0.4 is 10.1 Å². The van der Waals surface area contributed by atoms with Crippen molar-refractivity contribution in [1.29, 1.82) is 0 Å². The van der Waals surface area contributed by atoms with Gasteiger partial charge in [-0.25, -0.2) is 4.98 Å². The first-order chi connectivity index (χ1) is 14.5. The van der Waals surface area contributed by atoms with Crippen molar-refractivity contribution in [3.8, 4) is 11.6 Å². The van der Waals surface area contributed by atoms with Crippen LogP contribution in [0, 0.1) is 0 Å². The second-order valence-electron chi connectivity index (χ2n) is 7.30. The Balaban J connectivity index is 1.52. The van der Waals surface area contributed by atoms with Gasteiger partial charge in [0, 0.05) is 17.3 Å². The van der Waals surface area contributed by atoms with Crippen molar-refractivity contribution in [2.75, 3.05) is 0 Å². The molecule has 3 aromatic rings. The van der Waals surface area contributed by atoms with Gasteiger partial charge in [0.2, 0.25) is 5.88 Å². The van der Waals surface area contributed by atoms with Crippen LogP contribution in [0.1, 0.15) is 57.0 Å². The van der Waals surface area contributed by atoms with Crippen LogP contribution in [-0.2, 0) is 12.8 Å². The number of amides is 1. The number of rotatable bonds is 6. The smallest absolute Gasteiger partial charge is 0.259 e. The molecule has 1 aromatic heterocycles. The summed E-state index contributed by atoms with van der Waals surface area (Å²) < 4.78 is 5.76. The predicted molar refractivity (Wildman–Crippen MR) is 112 cm³/mol. The molecule has 1 atom stereocenters. The lowest BCUT2D eigenvalue weighted by molar-refractivity contribution is 0.0780. The molecule has 152 valence electrons. The van der Waals surface area contributed by atoms with Crippen molar-refractivity contribution >= 4 is 11.7 Å². The van der Waals surface area contributed by atoms with E-state index in [1.807, 2.05) is 18.2 Å². The number of Topliss-reactive ketones (excluding diaryl/α,β-unsaturated/α-hetero) is 1. The summed E-state index contributed by atoms with van der Waals surface area (Å²) in [5.41, 5.74) is 3.85. The van der Waals surface area contributed by atoms with Crippen LogP contribution in [0.3, 0.4) is 0 Å². The van der Waals surface area contributed by atoms with Gasteiger partial charge in [-0.05, 0) is 61.6 Å². The van der Waals surface area contributed by atoms with Crippen molar-refractivity contribution in [3.05, 3.63) is 88.6 Å². The largest absolute Gasteiger partial charge is 0.438 e. The average Bonchev–Trinajstić information content (AvgIpc) is 3.22. The molecule has 0 fully saturated rings. The van der Waals surface area contributed by atoms with Crippen LogP contribution in [0.25, 0.3) is 0 Å².